The fourth-order valence-electron chi connectivity index (χ4n) is 2.79. The van der Waals surface area contributed by atoms with Crippen LogP contribution in [0.3, 0.4) is 0 Å². The van der Waals surface area contributed by atoms with E-state index in [0.717, 1.165) is 51.8 Å². The second-order valence-corrected chi connectivity index (χ2v) is 10.1. The number of anilines is 1. The molecule has 1 amide bonds. The number of carbonyl (C=O) groups is 1. The third kappa shape index (κ3) is 3.62. The summed E-state index contributed by atoms with van der Waals surface area (Å²) in [6.45, 7) is -0.298. The lowest BCUT2D eigenvalue weighted by Gasteiger charge is -2.15. The van der Waals surface area contributed by atoms with E-state index in [9.17, 15) is 18.5 Å². The minimum Gasteiger partial charge on any atom is -0.315 e. The average Bonchev–Trinajstić information content (AvgIpc) is 3.22. The van der Waals surface area contributed by atoms with E-state index in [0.29, 0.717) is 10.6 Å². The topological polar surface area (TPSA) is 90.3 Å². The Morgan fingerprint density at radius 1 is 1.40 bits per heavy atom. The van der Waals surface area contributed by atoms with Gasteiger partial charge in [-0.3, -0.25) is 4.79 Å². The van der Waals surface area contributed by atoms with Crippen molar-refractivity contribution < 1.29 is 13.2 Å². The predicted octanol–water partition coefficient (Wildman–Crippen LogP) is 2.82. The molecule has 1 N–H and O–H groups in total. The number of carbonyl (C=O) groups excluding carboxylic acids is 1. The lowest BCUT2D eigenvalue weighted by Crippen LogP contribution is -2.34. The van der Waals surface area contributed by atoms with Crippen LogP contribution < -0.4 is 5.32 Å². The van der Waals surface area contributed by atoms with Crippen LogP contribution in [0.4, 0.5) is 5.00 Å². The van der Waals surface area contributed by atoms with Gasteiger partial charge in [0.1, 0.15) is 15.3 Å². The molecule has 2 aromatic rings. The molecule has 0 aliphatic heterocycles. The molecule has 132 valence electrons. The van der Waals surface area contributed by atoms with Gasteiger partial charge in [-0.25, -0.2) is 8.42 Å². The van der Waals surface area contributed by atoms with Gasteiger partial charge in [0.05, 0.1) is 12.1 Å². The number of hydrogen-bond acceptors (Lipinski definition) is 6. The van der Waals surface area contributed by atoms with Crippen LogP contribution in [0, 0.1) is 11.3 Å². The van der Waals surface area contributed by atoms with E-state index in [1.54, 1.807) is 11.4 Å². The van der Waals surface area contributed by atoms with Gasteiger partial charge in [0.15, 0.2) is 0 Å². The summed E-state index contributed by atoms with van der Waals surface area (Å²) in [5.41, 5.74) is 1.56. The Kier molecular flexibility index (Phi) is 5.24. The van der Waals surface area contributed by atoms with Crippen molar-refractivity contribution in [3.05, 3.63) is 33.5 Å². The van der Waals surface area contributed by atoms with Crippen LogP contribution in [-0.4, -0.2) is 32.2 Å². The van der Waals surface area contributed by atoms with Gasteiger partial charge in [0.2, 0.25) is 5.91 Å². The fourth-order valence-corrected chi connectivity index (χ4v) is 6.37. The van der Waals surface area contributed by atoms with Crippen molar-refractivity contribution in [2.24, 2.45) is 0 Å². The molecule has 0 aromatic carbocycles. The summed E-state index contributed by atoms with van der Waals surface area (Å²) in [6.07, 6.45) is 3.93. The van der Waals surface area contributed by atoms with Crippen molar-refractivity contribution in [2.45, 2.75) is 29.9 Å². The second-order valence-electron chi connectivity index (χ2n) is 5.77. The number of nitrogens with zero attached hydrogens (tertiary/aromatic N) is 2. The number of likely N-dealkylation sites (N-methyl/N-ethyl adjacent to an activating group) is 1. The highest BCUT2D eigenvalue weighted by Crippen LogP contribution is 2.37. The molecule has 3 rings (SSSR count). The SMILES string of the molecule is CN(CC(=O)Nc1sc2c(c1C#N)CCCC2)S(=O)(=O)c1cccs1. The van der Waals surface area contributed by atoms with Gasteiger partial charge in [0, 0.05) is 11.9 Å². The van der Waals surface area contributed by atoms with Gasteiger partial charge in [-0.2, -0.15) is 9.57 Å². The number of aryl methyl sites for hydroxylation is 1. The van der Waals surface area contributed by atoms with E-state index in [2.05, 4.69) is 11.4 Å². The van der Waals surface area contributed by atoms with Crippen molar-refractivity contribution in [1.82, 2.24) is 4.31 Å². The first-order valence-electron chi connectivity index (χ1n) is 7.78. The van der Waals surface area contributed by atoms with Crippen LogP contribution in [-0.2, 0) is 27.7 Å². The maximum Gasteiger partial charge on any atom is 0.252 e. The standard InChI is InChI=1S/C16H17N3O3S3/c1-19(25(21,22)15-7-4-8-23-15)10-14(20)18-16-12(9-17)11-5-2-3-6-13(11)24-16/h4,7-8H,2-3,5-6,10H2,1H3,(H,18,20). The first-order valence-corrected chi connectivity index (χ1v) is 10.9. The maximum absolute atomic E-state index is 12.4. The number of thiophene rings is 2. The van der Waals surface area contributed by atoms with Crippen molar-refractivity contribution in [2.75, 3.05) is 18.9 Å². The van der Waals surface area contributed by atoms with E-state index in [1.165, 1.54) is 24.5 Å². The number of fused-ring (bicyclic) bond motifs is 1. The summed E-state index contributed by atoms with van der Waals surface area (Å²) in [4.78, 5) is 13.5. The molecular weight excluding hydrogens is 378 g/mol. The third-order valence-electron chi connectivity index (χ3n) is 4.06. The van der Waals surface area contributed by atoms with Crippen LogP contribution in [0.2, 0.25) is 0 Å². The van der Waals surface area contributed by atoms with Crippen molar-refractivity contribution in [3.8, 4) is 6.07 Å². The van der Waals surface area contributed by atoms with Gasteiger partial charge < -0.3 is 5.32 Å². The number of nitriles is 1. The van der Waals surface area contributed by atoms with E-state index in [1.807, 2.05) is 0 Å². The minimum absolute atomic E-state index is 0.201. The number of amides is 1. The minimum atomic E-state index is -3.67. The van der Waals surface area contributed by atoms with Gasteiger partial charge in [-0.15, -0.1) is 22.7 Å². The highest BCUT2D eigenvalue weighted by atomic mass is 32.2. The Labute approximate surface area is 154 Å². The molecule has 2 heterocycles. The zero-order valence-corrected chi connectivity index (χ0v) is 16.1. The Hall–Kier alpha value is -1.73. The molecule has 0 atom stereocenters. The molecule has 6 nitrogen and oxygen atoms in total. The zero-order chi connectivity index (χ0) is 18.0. The third-order valence-corrected chi connectivity index (χ3v) is 8.45. The molecule has 2 aromatic heterocycles. The highest BCUT2D eigenvalue weighted by Gasteiger charge is 2.26. The lowest BCUT2D eigenvalue weighted by molar-refractivity contribution is -0.116. The first kappa shape index (κ1) is 18.1. The molecule has 25 heavy (non-hydrogen) atoms. The molecule has 0 bridgehead atoms. The fraction of sp³-hybridized carbons (Fsp3) is 0.375. The van der Waals surface area contributed by atoms with Gasteiger partial charge in [-0.1, -0.05) is 6.07 Å². The van der Waals surface area contributed by atoms with Crippen LogP contribution in [0.1, 0.15) is 28.8 Å². The summed E-state index contributed by atoms with van der Waals surface area (Å²) >= 11 is 2.54. The molecule has 0 unspecified atom stereocenters. The van der Waals surface area contributed by atoms with Gasteiger partial charge in [-0.05, 0) is 42.7 Å². The van der Waals surface area contributed by atoms with E-state index in [-0.39, 0.29) is 10.8 Å². The van der Waals surface area contributed by atoms with Crippen molar-refractivity contribution in [1.29, 1.82) is 5.26 Å². The Morgan fingerprint density at radius 2 is 2.16 bits per heavy atom. The van der Waals surface area contributed by atoms with Crippen LogP contribution in [0.25, 0.3) is 0 Å². The maximum atomic E-state index is 12.4. The number of sulfonamides is 1. The molecule has 1 aliphatic carbocycles. The normalized spacial score (nSPS) is 14.1. The quantitative estimate of drug-likeness (QED) is 0.843. The molecule has 1 aliphatic rings. The number of rotatable bonds is 5. The average molecular weight is 396 g/mol. The van der Waals surface area contributed by atoms with Crippen molar-refractivity contribution >= 4 is 43.6 Å². The summed E-state index contributed by atoms with van der Waals surface area (Å²) < 4.78 is 26.0. The summed E-state index contributed by atoms with van der Waals surface area (Å²) in [5, 5.41) is 14.3. The van der Waals surface area contributed by atoms with E-state index < -0.39 is 15.9 Å². The molecule has 0 saturated carbocycles. The van der Waals surface area contributed by atoms with Gasteiger partial charge >= 0.3 is 0 Å². The van der Waals surface area contributed by atoms with Gasteiger partial charge in [0.25, 0.3) is 10.0 Å². The summed E-state index contributed by atoms with van der Waals surface area (Å²) in [7, 11) is -2.30. The first-order chi connectivity index (χ1) is 11.9. The molecule has 0 saturated heterocycles. The lowest BCUT2D eigenvalue weighted by atomic mass is 9.96. The Bertz CT molecular complexity index is 924. The van der Waals surface area contributed by atoms with Crippen LogP contribution in [0.5, 0.6) is 0 Å². The summed E-state index contributed by atoms with van der Waals surface area (Å²) in [5.74, 6) is -0.447. The Balaban J connectivity index is 1.73. The molecule has 0 spiro atoms. The smallest absolute Gasteiger partial charge is 0.252 e. The zero-order valence-electron chi connectivity index (χ0n) is 13.6. The summed E-state index contributed by atoms with van der Waals surface area (Å²) in [6, 6.07) is 5.34. The monoisotopic (exact) mass is 395 g/mol. The van der Waals surface area contributed by atoms with Crippen LogP contribution >= 0.6 is 22.7 Å². The Morgan fingerprint density at radius 3 is 2.84 bits per heavy atom. The molecule has 0 radical (unpaired) electrons. The highest BCUT2D eigenvalue weighted by molar-refractivity contribution is 7.91. The van der Waals surface area contributed by atoms with Crippen molar-refractivity contribution in [3.63, 3.8) is 0 Å². The molecular formula is C16H17N3O3S3. The largest absolute Gasteiger partial charge is 0.315 e. The van der Waals surface area contributed by atoms with Crippen LogP contribution in [0.15, 0.2) is 21.7 Å². The number of nitrogens with one attached hydrogen (secondary N) is 1. The molecule has 0 fully saturated rings. The van der Waals surface area contributed by atoms with E-state index in [4.69, 9.17) is 0 Å². The second kappa shape index (κ2) is 7.25. The number of hydrogen-bond donors (Lipinski definition) is 1. The molecule has 9 heteroatoms. The van der Waals surface area contributed by atoms with E-state index >= 15 is 0 Å². The predicted molar refractivity (Wildman–Crippen MR) is 98.4 cm³/mol.